The minimum absolute atomic E-state index is 0.265. The zero-order valence-electron chi connectivity index (χ0n) is 10.4. The molecular formula is C13H8BrF3N4. The van der Waals surface area contributed by atoms with Gasteiger partial charge in [0.1, 0.15) is 0 Å². The molecule has 0 amide bonds. The van der Waals surface area contributed by atoms with E-state index in [1.54, 1.807) is 18.2 Å². The molecule has 0 saturated carbocycles. The molecular weight excluding hydrogens is 349 g/mol. The summed E-state index contributed by atoms with van der Waals surface area (Å²) in [5.41, 5.74) is 6.36. The molecule has 0 atom stereocenters. The van der Waals surface area contributed by atoms with Gasteiger partial charge in [-0.05, 0) is 30.3 Å². The van der Waals surface area contributed by atoms with Crippen LogP contribution in [0.1, 0.15) is 5.56 Å². The largest absolute Gasteiger partial charge is 0.417 e. The molecule has 2 heterocycles. The number of nitrogen functional groups attached to an aromatic ring is 1. The number of alkyl halides is 3. The van der Waals surface area contributed by atoms with Gasteiger partial charge in [-0.25, -0.2) is 0 Å². The number of nitrogens with two attached hydrogens (primary N) is 1. The molecule has 2 aromatic heterocycles. The molecule has 0 fully saturated rings. The second-order valence-corrected chi connectivity index (χ2v) is 5.31. The zero-order valence-corrected chi connectivity index (χ0v) is 12.0. The van der Waals surface area contributed by atoms with Gasteiger partial charge in [0.15, 0.2) is 11.5 Å². The molecule has 0 unspecified atom stereocenters. The zero-order chi connectivity index (χ0) is 15.2. The Labute approximate surface area is 125 Å². The fourth-order valence-corrected chi connectivity index (χ4v) is 2.36. The van der Waals surface area contributed by atoms with Crippen LogP contribution in [-0.2, 0) is 6.18 Å². The number of rotatable bonds is 1. The minimum atomic E-state index is -4.43. The van der Waals surface area contributed by atoms with Crippen LogP contribution in [0.5, 0.6) is 0 Å². The molecule has 3 aromatic rings. The maximum Gasteiger partial charge on any atom is 0.417 e. The summed E-state index contributed by atoms with van der Waals surface area (Å²) in [5.74, 6) is 0.265. The Hall–Kier alpha value is -2.09. The average Bonchev–Trinajstić information content (AvgIpc) is 2.80. The van der Waals surface area contributed by atoms with E-state index in [2.05, 4.69) is 26.1 Å². The van der Waals surface area contributed by atoms with E-state index < -0.39 is 11.7 Å². The van der Waals surface area contributed by atoms with E-state index in [4.69, 9.17) is 5.73 Å². The van der Waals surface area contributed by atoms with Gasteiger partial charge in [0.2, 0.25) is 0 Å². The lowest BCUT2D eigenvalue weighted by Crippen LogP contribution is -2.06. The topological polar surface area (TPSA) is 56.2 Å². The lowest BCUT2D eigenvalue weighted by Gasteiger charge is -2.08. The second kappa shape index (κ2) is 4.73. The Kier molecular flexibility index (Phi) is 3.12. The normalized spacial score (nSPS) is 12.0. The molecule has 0 saturated heterocycles. The minimum Gasteiger partial charge on any atom is -0.398 e. The van der Waals surface area contributed by atoms with Crippen LogP contribution >= 0.6 is 15.9 Å². The molecule has 108 valence electrons. The number of hydrogen-bond donors (Lipinski definition) is 1. The number of hydrogen-bond acceptors (Lipinski definition) is 3. The molecule has 0 radical (unpaired) electrons. The van der Waals surface area contributed by atoms with Gasteiger partial charge in [0.05, 0.1) is 5.56 Å². The molecule has 0 aliphatic heterocycles. The van der Waals surface area contributed by atoms with Gasteiger partial charge < -0.3 is 5.73 Å². The number of fused-ring (bicyclic) bond motifs is 1. The summed E-state index contributed by atoms with van der Waals surface area (Å²) in [4.78, 5) is 0. The van der Waals surface area contributed by atoms with Gasteiger partial charge in [-0.3, -0.25) is 4.40 Å². The van der Waals surface area contributed by atoms with Crippen LogP contribution < -0.4 is 5.73 Å². The van der Waals surface area contributed by atoms with Gasteiger partial charge >= 0.3 is 6.18 Å². The highest BCUT2D eigenvalue weighted by Gasteiger charge is 2.31. The number of nitrogens with zero attached hydrogens (tertiary/aromatic N) is 3. The molecule has 0 spiro atoms. The van der Waals surface area contributed by atoms with E-state index in [1.165, 1.54) is 10.5 Å². The second-order valence-electron chi connectivity index (χ2n) is 4.40. The summed E-state index contributed by atoms with van der Waals surface area (Å²) in [5, 5.41) is 7.79. The van der Waals surface area contributed by atoms with Gasteiger partial charge in [-0.1, -0.05) is 15.9 Å². The van der Waals surface area contributed by atoms with Gasteiger partial charge in [0, 0.05) is 21.9 Å². The van der Waals surface area contributed by atoms with Crippen LogP contribution in [0.25, 0.3) is 17.0 Å². The third-order valence-corrected chi connectivity index (χ3v) is 3.48. The number of pyridine rings is 1. The van der Waals surface area contributed by atoms with E-state index in [1.807, 2.05) is 0 Å². The lowest BCUT2D eigenvalue weighted by molar-refractivity contribution is -0.137. The number of aromatic nitrogens is 3. The first kappa shape index (κ1) is 13.9. The summed E-state index contributed by atoms with van der Waals surface area (Å²) >= 11 is 3.28. The lowest BCUT2D eigenvalue weighted by atomic mass is 10.1. The van der Waals surface area contributed by atoms with Crippen LogP contribution in [0.3, 0.4) is 0 Å². The van der Waals surface area contributed by atoms with E-state index in [-0.39, 0.29) is 5.82 Å². The summed E-state index contributed by atoms with van der Waals surface area (Å²) in [7, 11) is 0. The summed E-state index contributed by atoms with van der Waals surface area (Å²) in [6.07, 6.45) is -3.47. The first-order valence-electron chi connectivity index (χ1n) is 5.83. The highest BCUT2D eigenvalue weighted by atomic mass is 79.9. The molecule has 1 aromatic carbocycles. The fraction of sp³-hybridized carbons (Fsp3) is 0.0769. The fourth-order valence-electron chi connectivity index (χ4n) is 1.98. The van der Waals surface area contributed by atoms with E-state index >= 15 is 0 Å². The smallest absolute Gasteiger partial charge is 0.398 e. The third-order valence-electron chi connectivity index (χ3n) is 2.98. The predicted molar refractivity (Wildman–Crippen MR) is 75.5 cm³/mol. The monoisotopic (exact) mass is 356 g/mol. The first-order chi connectivity index (χ1) is 9.86. The number of benzene rings is 1. The van der Waals surface area contributed by atoms with Crippen molar-refractivity contribution in [2.45, 2.75) is 6.18 Å². The third kappa shape index (κ3) is 2.46. The highest BCUT2D eigenvalue weighted by molar-refractivity contribution is 9.10. The van der Waals surface area contributed by atoms with Gasteiger partial charge in [-0.15, -0.1) is 10.2 Å². The maximum absolute atomic E-state index is 12.8. The van der Waals surface area contributed by atoms with Crippen molar-refractivity contribution in [1.82, 2.24) is 14.6 Å². The van der Waals surface area contributed by atoms with Crippen LogP contribution in [0.4, 0.5) is 18.9 Å². The number of halogens is 4. The first-order valence-corrected chi connectivity index (χ1v) is 6.63. The average molecular weight is 357 g/mol. The van der Waals surface area contributed by atoms with E-state index in [9.17, 15) is 13.2 Å². The van der Waals surface area contributed by atoms with Crippen LogP contribution in [0.15, 0.2) is 41.0 Å². The summed E-state index contributed by atoms with van der Waals surface area (Å²) in [6.45, 7) is 0. The summed E-state index contributed by atoms with van der Waals surface area (Å²) in [6, 6.07) is 7.31. The Balaban J connectivity index is 2.23. The summed E-state index contributed by atoms with van der Waals surface area (Å²) < 4.78 is 40.5. The van der Waals surface area contributed by atoms with Crippen molar-refractivity contribution in [2.24, 2.45) is 0 Å². The maximum atomic E-state index is 12.8. The Morgan fingerprint density at radius 3 is 2.52 bits per heavy atom. The molecule has 2 N–H and O–H groups in total. The van der Waals surface area contributed by atoms with Crippen LogP contribution in [-0.4, -0.2) is 14.6 Å². The standard InChI is InChI=1S/C13H8BrF3N4/c14-8-2-3-9(10(18)5-8)12-20-19-11-4-1-7(6-21(11)12)13(15,16)17/h1-6H,18H2. The molecule has 0 aliphatic carbocycles. The van der Waals surface area contributed by atoms with Crippen LogP contribution in [0, 0.1) is 0 Å². The molecule has 21 heavy (non-hydrogen) atoms. The van der Waals surface area contributed by atoms with Crippen LogP contribution in [0.2, 0.25) is 0 Å². The Bertz CT molecular complexity index is 826. The Morgan fingerprint density at radius 2 is 1.86 bits per heavy atom. The van der Waals surface area contributed by atoms with Gasteiger partial charge in [-0.2, -0.15) is 13.2 Å². The van der Waals surface area contributed by atoms with Crippen molar-refractivity contribution in [3.8, 4) is 11.4 Å². The molecule has 3 rings (SSSR count). The predicted octanol–water partition coefficient (Wildman–Crippen LogP) is 3.76. The molecule has 8 heteroatoms. The van der Waals surface area contributed by atoms with Crippen molar-refractivity contribution in [3.05, 3.63) is 46.6 Å². The van der Waals surface area contributed by atoms with Gasteiger partial charge in [0.25, 0.3) is 0 Å². The van der Waals surface area contributed by atoms with E-state index in [0.29, 0.717) is 16.9 Å². The highest BCUT2D eigenvalue weighted by Crippen LogP contribution is 2.32. The van der Waals surface area contributed by atoms with Crippen molar-refractivity contribution < 1.29 is 13.2 Å². The quantitative estimate of drug-likeness (QED) is 0.675. The Morgan fingerprint density at radius 1 is 1.10 bits per heavy atom. The van der Waals surface area contributed by atoms with Crippen molar-refractivity contribution in [2.75, 3.05) is 5.73 Å². The number of anilines is 1. The molecule has 0 bridgehead atoms. The van der Waals surface area contributed by atoms with Crippen molar-refractivity contribution >= 4 is 27.3 Å². The van der Waals surface area contributed by atoms with Crippen molar-refractivity contribution in [1.29, 1.82) is 0 Å². The SMILES string of the molecule is Nc1cc(Br)ccc1-c1nnc2ccc(C(F)(F)F)cn12. The van der Waals surface area contributed by atoms with E-state index in [0.717, 1.165) is 16.7 Å². The molecule has 4 nitrogen and oxygen atoms in total. The molecule has 0 aliphatic rings. The van der Waals surface area contributed by atoms with Crippen molar-refractivity contribution in [3.63, 3.8) is 0 Å².